The monoisotopic (exact) mass is 478 g/mol. The van der Waals surface area contributed by atoms with Crippen LogP contribution in [0.15, 0.2) is 77.3 Å². The lowest BCUT2D eigenvalue weighted by Crippen LogP contribution is -2.31. The van der Waals surface area contributed by atoms with E-state index in [0.29, 0.717) is 18.9 Å². The van der Waals surface area contributed by atoms with Crippen molar-refractivity contribution in [2.45, 2.75) is 32.7 Å². The molecule has 152 valence electrons. The number of amides is 1. The molecule has 4 rings (SSSR count). The van der Waals surface area contributed by atoms with Crippen LogP contribution >= 0.6 is 27.3 Å². The van der Waals surface area contributed by atoms with Crippen molar-refractivity contribution in [1.82, 2.24) is 4.98 Å². The third-order valence-electron chi connectivity index (χ3n) is 5.06. The third-order valence-corrected chi connectivity index (χ3v) is 6.59. The molecule has 0 saturated heterocycles. The lowest BCUT2D eigenvalue weighted by atomic mass is 10.0. The molecule has 1 heterocycles. The maximum atomic E-state index is 13.4. The Morgan fingerprint density at radius 1 is 1.00 bits per heavy atom. The molecule has 1 aromatic heterocycles. The Labute approximate surface area is 189 Å². The van der Waals surface area contributed by atoms with Gasteiger partial charge in [0.1, 0.15) is 0 Å². The van der Waals surface area contributed by atoms with Gasteiger partial charge in [-0.15, -0.1) is 0 Å². The lowest BCUT2D eigenvalue weighted by Gasteiger charge is -2.20. The topological polar surface area (TPSA) is 33.2 Å². The van der Waals surface area contributed by atoms with Gasteiger partial charge in [-0.1, -0.05) is 95.7 Å². The summed E-state index contributed by atoms with van der Waals surface area (Å²) >= 11 is 5.07. The number of hydrogen-bond acceptors (Lipinski definition) is 3. The van der Waals surface area contributed by atoms with Crippen LogP contribution in [0.3, 0.4) is 0 Å². The van der Waals surface area contributed by atoms with Crippen LogP contribution < -0.4 is 4.90 Å². The van der Waals surface area contributed by atoms with E-state index >= 15 is 0 Å². The Morgan fingerprint density at radius 3 is 2.43 bits per heavy atom. The van der Waals surface area contributed by atoms with E-state index in [-0.39, 0.29) is 5.91 Å². The number of aromatic nitrogens is 1. The van der Waals surface area contributed by atoms with Gasteiger partial charge in [0.15, 0.2) is 5.13 Å². The summed E-state index contributed by atoms with van der Waals surface area (Å²) in [4.78, 5) is 19.9. The minimum atomic E-state index is 0.0503. The van der Waals surface area contributed by atoms with Crippen LogP contribution in [0.1, 0.15) is 36.5 Å². The second-order valence-corrected chi connectivity index (χ2v) is 9.57. The first-order valence-corrected chi connectivity index (χ1v) is 11.6. The van der Waals surface area contributed by atoms with E-state index < -0.39 is 0 Å². The number of nitrogens with zero attached hydrogens (tertiary/aromatic N) is 2. The highest BCUT2D eigenvalue weighted by Gasteiger charge is 2.21. The highest BCUT2D eigenvalue weighted by Crippen LogP contribution is 2.32. The van der Waals surface area contributed by atoms with Gasteiger partial charge in [0.05, 0.1) is 23.2 Å². The van der Waals surface area contributed by atoms with Gasteiger partial charge in [-0.05, 0) is 40.8 Å². The summed E-state index contributed by atoms with van der Waals surface area (Å²) in [5.74, 6) is 0.528. The average molecular weight is 479 g/mol. The molecule has 1 amide bonds. The van der Waals surface area contributed by atoms with Gasteiger partial charge in [-0.3, -0.25) is 9.69 Å². The Balaban J connectivity index is 1.64. The molecule has 30 heavy (non-hydrogen) atoms. The molecule has 0 saturated carbocycles. The molecular weight excluding hydrogens is 456 g/mol. The van der Waals surface area contributed by atoms with Gasteiger partial charge in [-0.2, -0.15) is 0 Å². The van der Waals surface area contributed by atoms with Gasteiger partial charge < -0.3 is 0 Å². The first-order chi connectivity index (χ1) is 14.5. The third kappa shape index (κ3) is 4.79. The molecule has 0 aliphatic heterocycles. The van der Waals surface area contributed by atoms with E-state index in [1.165, 1.54) is 5.56 Å². The first kappa shape index (κ1) is 20.8. The molecule has 0 atom stereocenters. The highest BCUT2D eigenvalue weighted by atomic mass is 79.9. The van der Waals surface area contributed by atoms with Crippen LogP contribution in [-0.4, -0.2) is 10.9 Å². The number of rotatable bonds is 6. The fourth-order valence-electron chi connectivity index (χ4n) is 3.32. The van der Waals surface area contributed by atoms with E-state index in [2.05, 4.69) is 54.0 Å². The fraction of sp³-hybridized carbons (Fsp3) is 0.200. The molecule has 3 aromatic carbocycles. The normalized spacial score (nSPS) is 11.2. The standard InChI is InChI=1S/C25H23BrN2OS/c1-17(2)20-10-8-18(9-11-20)14-24(29)28(16-19-6-4-3-5-7-19)25-27-22-13-12-21(26)15-23(22)30-25/h3-13,15,17H,14,16H2,1-2H3. The van der Waals surface area contributed by atoms with Crippen molar-refractivity contribution in [3.05, 3.63) is 94.0 Å². The Hall–Kier alpha value is -2.50. The van der Waals surface area contributed by atoms with Gasteiger partial charge in [-0.25, -0.2) is 4.98 Å². The van der Waals surface area contributed by atoms with Gasteiger partial charge in [0, 0.05) is 4.47 Å². The minimum absolute atomic E-state index is 0.0503. The summed E-state index contributed by atoms with van der Waals surface area (Å²) < 4.78 is 2.07. The fourth-order valence-corrected chi connectivity index (χ4v) is 4.85. The Kier molecular flexibility index (Phi) is 6.30. The number of hydrogen-bond donors (Lipinski definition) is 0. The predicted octanol–water partition coefficient (Wildman–Crippen LogP) is 6.96. The van der Waals surface area contributed by atoms with Crippen LogP contribution in [0.2, 0.25) is 0 Å². The van der Waals surface area contributed by atoms with E-state index in [1.54, 1.807) is 11.3 Å². The van der Waals surface area contributed by atoms with Crippen molar-refractivity contribution in [1.29, 1.82) is 0 Å². The molecule has 0 N–H and O–H groups in total. The number of carbonyl (C=O) groups is 1. The van der Waals surface area contributed by atoms with E-state index in [0.717, 1.165) is 30.9 Å². The number of anilines is 1. The van der Waals surface area contributed by atoms with Crippen LogP contribution in [0.5, 0.6) is 0 Å². The summed E-state index contributed by atoms with van der Waals surface area (Å²) in [5, 5.41) is 0.732. The molecule has 0 fully saturated rings. The first-order valence-electron chi connectivity index (χ1n) is 9.99. The second-order valence-electron chi connectivity index (χ2n) is 7.65. The van der Waals surface area contributed by atoms with Crippen LogP contribution in [0, 0.1) is 0 Å². The van der Waals surface area contributed by atoms with Gasteiger partial charge in [0.2, 0.25) is 5.91 Å². The van der Waals surface area contributed by atoms with Crippen LogP contribution in [-0.2, 0) is 17.8 Å². The SMILES string of the molecule is CC(C)c1ccc(CC(=O)N(Cc2ccccc2)c2nc3ccc(Br)cc3s2)cc1. The molecule has 4 aromatic rings. The summed E-state index contributed by atoms with van der Waals surface area (Å²) in [5.41, 5.74) is 4.29. The zero-order chi connectivity index (χ0) is 21.1. The van der Waals surface area contributed by atoms with Crippen molar-refractivity contribution < 1.29 is 4.79 Å². The van der Waals surface area contributed by atoms with Gasteiger partial charge in [0.25, 0.3) is 0 Å². The smallest absolute Gasteiger partial charge is 0.233 e. The van der Waals surface area contributed by atoms with Crippen molar-refractivity contribution in [3.63, 3.8) is 0 Å². The highest BCUT2D eigenvalue weighted by molar-refractivity contribution is 9.10. The number of halogens is 1. The van der Waals surface area contributed by atoms with E-state index in [1.807, 2.05) is 53.4 Å². The number of fused-ring (bicyclic) bond motifs is 1. The van der Waals surface area contributed by atoms with Crippen molar-refractivity contribution >= 4 is 48.5 Å². The molecule has 0 aliphatic rings. The maximum Gasteiger partial charge on any atom is 0.233 e. The molecular formula is C25H23BrN2OS. The molecule has 0 spiro atoms. The van der Waals surface area contributed by atoms with E-state index in [9.17, 15) is 4.79 Å². The number of thiazole rings is 1. The predicted molar refractivity (Wildman–Crippen MR) is 129 cm³/mol. The lowest BCUT2D eigenvalue weighted by molar-refractivity contribution is -0.118. The second kappa shape index (κ2) is 9.11. The molecule has 0 radical (unpaired) electrons. The Morgan fingerprint density at radius 2 is 1.73 bits per heavy atom. The number of benzene rings is 3. The average Bonchev–Trinajstić information content (AvgIpc) is 3.15. The minimum Gasteiger partial charge on any atom is -0.283 e. The molecule has 3 nitrogen and oxygen atoms in total. The van der Waals surface area contributed by atoms with Crippen molar-refractivity contribution in [3.8, 4) is 0 Å². The summed E-state index contributed by atoms with van der Waals surface area (Å²) in [6.45, 7) is 4.85. The molecule has 0 unspecified atom stereocenters. The largest absolute Gasteiger partial charge is 0.283 e. The van der Waals surface area contributed by atoms with E-state index in [4.69, 9.17) is 4.98 Å². The van der Waals surface area contributed by atoms with Crippen molar-refractivity contribution in [2.75, 3.05) is 4.90 Å². The van der Waals surface area contributed by atoms with Crippen molar-refractivity contribution in [2.24, 2.45) is 0 Å². The van der Waals surface area contributed by atoms with Gasteiger partial charge >= 0.3 is 0 Å². The summed E-state index contributed by atoms with van der Waals surface area (Å²) in [7, 11) is 0. The summed E-state index contributed by atoms with van der Waals surface area (Å²) in [6, 6.07) is 24.4. The van der Waals surface area contributed by atoms with Crippen LogP contribution in [0.25, 0.3) is 10.2 Å². The zero-order valence-corrected chi connectivity index (χ0v) is 19.4. The summed E-state index contributed by atoms with van der Waals surface area (Å²) in [6.07, 6.45) is 0.352. The Bertz CT molecular complexity index is 1150. The molecule has 0 aliphatic carbocycles. The molecule has 5 heteroatoms. The quantitative estimate of drug-likeness (QED) is 0.300. The zero-order valence-electron chi connectivity index (χ0n) is 17.0. The maximum absolute atomic E-state index is 13.4. The van der Waals surface area contributed by atoms with Crippen LogP contribution in [0.4, 0.5) is 5.13 Å². The number of carbonyl (C=O) groups excluding carboxylic acids is 1. The molecule has 0 bridgehead atoms.